The Hall–Kier alpha value is -1.35. The molecule has 3 nitrogen and oxygen atoms in total. The zero-order valence-corrected chi connectivity index (χ0v) is 9.51. The van der Waals surface area contributed by atoms with Gasteiger partial charge in [-0.2, -0.15) is 0 Å². The SMILES string of the molecule is CC1(C)COC([C@@H]2O[C@@H]2c2ccccc2)=N1. The van der Waals surface area contributed by atoms with Gasteiger partial charge >= 0.3 is 0 Å². The Kier molecular flexibility index (Phi) is 2.04. The molecule has 0 saturated carbocycles. The van der Waals surface area contributed by atoms with Gasteiger partial charge in [0.15, 0.2) is 6.10 Å². The molecule has 1 saturated heterocycles. The molecule has 1 fully saturated rings. The van der Waals surface area contributed by atoms with Crippen LogP contribution in [-0.2, 0) is 9.47 Å². The first-order valence-corrected chi connectivity index (χ1v) is 5.59. The molecular weight excluding hydrogens is 202 g/mol. The second-order valence-electron chi connectivity index (χ2n) is 4.94. The van der Waals surface area contributed by atoms with E-state index in [4.69, 9.17) is 9.47 Å². The van der Waals surface area contributed by atoms with Gasteiger partial charge in [0, 0.05) is 0 Å². The maximum Gasteiger partial charge on any atom is 0.217 e. The smallest absolute Gasteiger partial charge is 0.217 e. The molecule has 0 unspecified atom stereocenters. The van der Waals surface area contributed by atoms with Gasteiger partial charge in [0.1, 0.15) is 12.7 Å². The summed E-state index contributed by atoms with van der Waals surface area (Å²) < 4.78 is 11.2. The minimum atomic E-state index is -0.0947. The Morgan fingerprint density at radius 2 is 1.94 bits per heavy atom. The molecule has 84 valence electrons. The molecule has 0 bridgehead atoms. The molecular formula is C13H15NO2. The first kappa shape index (κ1) is 9.85. The molecule has 0 aliphatic carbocycles. The van der Waals surface area contributed by atoms with Crippen LogP contribution in [0.3, 0.4) is 0 Å². The van der Waals surface area contributed by atoms with E-state index in [1.165, 1.54) is 5.56 Å². The highest BCUT2D eigenvalue weighted by molar-refractivity contribution is 5.85. The van der Waals surface area contributed by atoms with E-state index >= 15 is 0 Å². The Labute approximate surface area is 95.1 Å². The summed E-state index contributed by atoms with van der Waals surface area (Å²) in [5, 5.41) is 0. The Morgan fingerprint density at radius 1 is 1.19 bits per heavy atom. The summed E-state index contributed by atoms with van der Waals surface area (Å²) in [7, 11) is 0. The van der Waals surface area contributed by atoms with Crippen LogP contribution in [0.1, 0.15) is 25.5 Å². The minimum Gasteiger partial charge on any atom is -0.476 e. The molecule has 0 amide bonds. The third-order valence-electron chi connectivity index (χ3n) is 2.85. The highest BCUT2D eigenvalue weighted by Gasteiger charge is 2.48. The summed E-state index contributed by atoms with van der Waals surface area (Å²) in [5.41, 5.74) is 1.10. The van der Waals surface area contributed by atoms with Crippen molar-refractivity contribution in [2.75, 3.05) is 6.61 Å². The van der Waals surface area contributed by atoms with Gasteiger partial charge in [-0.05, 0) is 19.4 Å². The molecule has 1 aromatic rings. The molecule has 0 spiro atoms. The van der Waals surface area contributed by atoms with Crippen molar-refractivity contribution < 1.29 is 9.47 Å². The fourth-order valence-corrected chi connectivity index (χ4v) is 1.96. The molecule has 3 heteroatoms. The number of rotatable bonds is 2. The van der Waals surface area contributed by atoms with E-state index in [1.54, 1.807) is 0 Å². The van der Waals surface area contributed by atoms with Crippen LogP contribution in [0, 0.1) is 0 Å². The maximum absolute atomic E-state index is 5.62. The fourth-order valence-electron chi connectivity index (χ4n) is 1.96. The maximum atomic E-state index is 5.62. The Bertz CT molecular complexity index is 425. The summed E-state index contributed by atoms with van der Waals surface area (Å²) in [6.45, 7) is 4.80. The fraction of sp³-hybridized carbons (Fsp3) is 0.462. The Morgan fingerprint density at radius 3 is 2.56 bits per heavy atom. The van der Waals surface area contributed by atoms with Gasteiger partial charge in [0.05, 0.1) is 5.54 Å². The minimum absolute atomic E-state index is 0.0316. The highest BCUT2D eigenvalue weighted by atomic mass is 16.6. The molecule has 3 rings (SSSR count). The highest BCUT2D eigenvalue weighted by Crippen LogP contribution is 2.41. The van der Waals surface area contributed by atoms with Crippen LogP contribution >= 0.6 is 0 Å². The van der Waals surface area contributed by atoms with Crippen molar-refractivity contribution in [1.82, 2.24) is 0 Å². The lowest BCUT2D eigenvalue weighted by atomic mass is 10.1. The predicted octanol–water partition coefficient (Wildman–Crippen LogP) is 2.33. The number of epoxide rings is 1. The van der Waals surface area contributed by atoms with E-state index in [2.05, 4.69) is 31.0 Å². The zero-order chi connectivity index (χ0) is 11.2. The van der Waals surface area contributed by atoms with Crippen LogP contribution < -0.4 is 0 Å². The van der Waals surface area contributed by atoms with Crippen LogP contribution in [0.25, 0.3) is 0 Å². The topological polar surface area (TPSA) is 34.1 Å². The van der Waals surface area contributed by atoms with Gasteiger partial charge in [0.25, 0.3) is 0 Å². The molecule has 2 aliphatic rings. The second kappa shape index (κ2) is 3.32. The average molecular weight is 217 g/mol. The van der Waals surface area contributed by atoms with E-state index < -0.39 is 0 Å². The lowest BCUT2D eigenvalue weighted by Crippen LogP contribution is -2.17. The molecule has 0 radical (unpaired) electrons. The van der Waals surface area contributed by atoms with Gasteiger partial charge in [0.2, 0.25) is 5.90 Å². The second-order valence-corrected chi connectivity index (χ2v) is 4.94. The third kappa shape index (κ3) is 1.71. The van der Waals surface area contributed by atoms with Crippen LogP contribution in [-0.4, -0.2) is 24.1 Å². The lowest BCUT2D eigenvalue weighted by Gasteiger charge is -2.07. The van der Waals surface area contributed by atoms with Crippen molar-refractivity contribution in [2.24, 2.45) is 4.99 Å². The van der Waals surface area contributed by atoms with Gasteiger partial charge < -0.3 is 9.47 Å². The molecule has 16 heavy (non-hydrogen) atoms. The van der Waals surface area contributed by atoms with E-state index in [0.29, 0.717) is 6.61 Å². The standard InChI is InChI=1S/C13H15NO2/c1-13(2)8-15-12(14-13)11-10(16-11)9-6-4-3-5-7-9/h3-7,10-11H,8H2,1-2H3/t10-,11-/m1/s1. The van der Waals surface area contributed by atoms with Crippen LogP contribution in [0.15, 0.2) is 35.3 Å². The van der Waals surface area contributed by atoms with E-state index in [9.17, 15) is 0 Å². The Balaban J connectivity index is 1.74. The van der Waals surface area contributed by atoms with Crippen molar-refractivity contribution in [3.05, 3.63) is 35.9 Å². The van der Waals surface area contributed by atoms with Crippen molar-refractivity contribution in [3.63, 3.8) is 0 Å². The van der Waals surface area contributed by atoms with Gasteiger partial charge in [-0.3, -0.25) is 0 Å². The molecule has 0 aromatic heterocycles. The monoisotopic (exact) mass is 217 g/mol. The molecule has 0 N–H and O–H groups in total. The number of benzene rings is 1. The number of ether oxygens (including phenoxy) is 2. The van der Waals surface area contributed by atoms with Crippen molar-refractivity contribution in [1.29, 1.82) is 0 Å². The van der Waals surface area contributed by atoms with Gasteiger partial charge in [-0.25, -0.2) is 4.99 Å². The van der Waals surface area contributed by atoms with Gasteiger partial charge in [-0.15, -0.1) is 0 Å². The van der Waals surface area contributed by atoms with E-state index in [-0.39, 0.29) is 17.7 Å². The van der Waals surface area contributed by atoms with Gasteiger partial charge in [-0.1, -0.05) is 30.3 Å². The zero-order valence-electron chi connectivity index (χ0n) is 9.51. The number of nitrogens with zero attached hydrogens (tertiary/aromatic N) is 1. The average Bonchev–Trinajstić information content (AvgIpc) is 2.99. The summed E-state index contributed by atoms with van der Waals surface area (Å²) in [5.74, 6) is 0.763. The molecule has 2 atom stereocenters. The van der Waals surface area contributed by atoms with Crippen molar-refractivity contribution in [3.8, 4) is 0 Å². The largest absolute Gasteiger partial charge is 0.476 e. The lowest BCUT2D eigenvalue weighted by molar-refractivity contribution is 0.266. The third-order valence-corrected chi connectivity index (χ3v) is 2.85. The summed E-state index contributed by atoms with van der Waals surface area (Å²) in [4.78, 5) is 4.53. The molecule has 2 heterocycles. The summed E-state index contributed by atoms with van der Waals surface area (Å²) in [6.07, 6.45) is 0.165. The number of hydrogen-bond acceptors (Lipinski definition) is 3. The van der Waals surface area contributed by atoms with Crippen LogP contribution in [0.2, 0.25) is 0 Å². The first-order valence-electron chi connectivity index (χ1n) is 5.59. The summed E-state index contributed by atoms with van der Waals surface area (Å²) >= 11 is 0. The quantitative estimate of drug-likeness (QED) is 0.712. The van der Waals surface area contributed by atoms with Crippen LogP contribution in [0.4, 0.5) is 0 Å². The van der Waals surface area contributed by atoms with Crippen LogP contribution in [0.5, 0.6) is 0 Å². The molecule has 2 aliphatic heterocycles. The first-order chi connectivity index (χ1) is 7.66. The van der Waals surface area contributed by atoms with E-state index in [1.807, 2.05) is 18.2 Å². The normalized spacial score (nSPS) is 30.8. The van der Waals surface area contributed by atoms with E-state index in [0.717, 1.165) is 5.90 Å². The number of hydrogen-bond donors (Lipinski definition) is 0. The predicted molar refractivity (Wildman–Crippen MR) is 61.5 cm³/mol. The number of aliphatic imine (C=N–C) groups is 1. The van der Waals surface area contributed by atoms with Crippen molar-refractivity contribution >= 4 is 5.90 Å². The van der Waals surface area contributed by atoms with Crippen molar-refractivity contribution in [2.45, 2.75) is 31.6 Å². The summed E-state index contributed by atoms with van der Waals surface area (Å²) in [6, 6.07) is 10.2. The molecule has 1 aromatic carbocycles.